The van der Waals surface area contributed by atoms with E-state index >= 15 is 0 Å². The second-order valence-electron chi connectivity index (χ2n) is 7.06. The Bertz CT molecular complexity index is 354. The van der Waals surface area contributed by atoms with Crippen LogP contribution in [0.1, 0.15) is 53.4 Å². The van der Waals surface area contributed by atoms with Crippen molar-refractivity contribution in [2.24, 2.45) is 11.8 Å². The molecule has 2 rings (SSSR count). The first kappa shape index (κ1) is 13.4. The Hall–Kier alpha value is -1.06. The van der Waals surface area contributed by atoms with Crippen LogP contribution in [-0.4, -0.2) is 23.0 Å². The molecule has 0 heterocycles. The zero-order valence-corrected chi connectivity index (χ0v) is 11.7. The summed E-state index contributed by atoms with van der Waals surface area (Å²) in [6.07, 6.45) is 2.81. The smallest absolute Gasteiger partial charge is 0.408 e. The van der Waals surface area contributed by atoms with Gasteiger partial charge in [0.25, 0.3) is 0 Å². The van der Waals surface area contributed by atoms with Gasteiger partial charge in [-0.2, -0.15) is 0 Å². The zero-order chi connectivity index (χ0) is 13.6. The summed E-state index contributed by atoms with van der Waals surface area (Å²) in [5.41, 5.74) is -0.677. The first-order valence-electron chi connectivity index (χ1n) is 6.70. The SMILES string of the molecule is CC(C)(C)OC(=O)N[C@]1(C)C[C@H]2CC(=O)C[C@H]2C1. The largest absolute Gasteiger partial charge is 0.444 e. The van der Waals surface area contributed by atoms with Crippen molar-refractivity contribution in [3.63, 3.8) is 0 Å². The van der Waals surface area contributed by atoms with Gasteiger partial charge in [-0.1, -0.05) is 0 Å². The van der Waals surface area contributed by atoms with E-state index in [1.807, 2.05) is 20.8 Å². The van der Waals surface area contributed by atoms with E-state index in [0.29, 0.717) is 30.5 Å². The molecule has 0 spiro atoms. The zero-order valence-electron chi connectivity index (χ0n) is 11.7. The number of ketones is 1. The summed E-state index contributed by atoms with van der Waals surface area (Å²) in [4.78, 5) is 23.2. The molecule has 4 nitrogen and oxygen atoms in total. The second-order valence-corrected chi connectivity index (χ2v) is 7.06. The number of carbonyl (C=O) groups is 2. The van der Waals surface area contributed by atoms with Crippen LogP contribution < -0.4 is 5.32 Å². The average Bonchev–Trinajstić information content (AvgIpc) is 2.52. The number of ether oxygens (including phenoxy) is 1. The standard InChI is InChI=1S/C14H23NO3/c1-13(2,3)18-12(17)15-14(4)7-9-5-11(16)6-10(9)8-14/h9-10H,5-8H2,1-4H3,(H,15,17)/t9-,10+,14-. The topological polar surface area (TPSA) is 55.4 Å². The fourth-order valence-electron chi connectivity index (χ4n) is 3.37. The van der Waals surface area contributed by atoms with E-state index in [0.717, 1.165) is 12.8 Å². The lowest BCUT2D eigenvalue weighted by Crippen LogP contribution is -2.46. The number of amides is 1. The lowest BCUT2D eigenvalue weighted by molar-refractivity contribution is -0.117. The summed E-state index contributed by atoms with van der Waals surface area (Å²) in [6, 6.07) is 0. The van der Waals surface area contributed by atoms with Gasteiger partial charge in [-0.15, -0.1) is 0 Å². The number of nitrogens with one attached hydrogen (secondary N) is 1. The van der Waals surface area contributed by atoms with Crippen molar-refractivity contribution in [3.8, 4) is 0 Å². The second kappa shape index (κ2) is 4.25. The Kier molecular flexibility index (Phi) is 3.16. The molecular formula is C14H23NO3. The molecule has 0 unspecified atom stereocenters. The summed E-state index contributed by atoms with van der Waals surface area (Å²) < 4.78 is 5.29. The highest BCUT2D eigenvalue weighted by atomic mass is 16.6. The van der Waals surface area contributed by atoms with E-state index in [4.69, 9.17) is 4.74 Å². The number of alkyl carbamates (subject to hydrolysis) is 1. The number of fused-ring (bicyclic) bond motifs is 1. The van der Waals surface area contributed by atoms with Gasteiger partial charge < -0.3 is 10.1 Å². The Morgan fingerprint density at radius 2 is 1.78 bits per heavy atom. The van der Waals surface area contributed by atoms with E-state index < -0.39 is 5.60 Å². The van der Waals surface area contributed by atoms with Crippen molar-refractivity contribution < 1.29 is 14.3 Å². The molecule has 0 aromatic carbocycles. The summed E-state index contributed by atoms with van der Waals surface area (Å²) in [7, 11) is 0. The molecule has 0 bridgehead atoms. The number of carbonyl (C=O) groups excluding carboxylic acids is 2. The van der Waals surface area contributed by atoms with Gasteiger partial charge in [-0.3, -0.25) is 4.79 Å². The van der Waals surface area contributed by atoms with E-state index in [2.05, 4.69) is 12.2 Å². The highest BCUT2D eigenvalue weighted by molar-refractivity contribution is 5.81. The maximum absolute atomic E-state index is 11.8. The molecule has 1 N–H and O–H groups in total. The third-order valence-corrected chi connectivity index (χ3v) is 3.87. The highest BCUT2D eigenvalue weighted by Crippen LogP contribution is 2.47. The number of hydrogen-bond acceptors (Lipinski definition) is 3. The van der Waals surface area contributed by atoms with Crippen molar-refractivity contribution in [1.29, 1.82) is 0 Å². The van der Waals surface area contributed by atoms with Gasteiger partial charge in [0.2, 0.25) is 0 Å². The molecule has 0 aliphatic heterocycles. The third-order valence-electron chi connectivity index (χ3n) is 3.87. The average molecular weight is 253 g/mol. The molecule has 0 aromatic heterocycles. The first-order valence-corrected chi connectivity index (χ1v) is 6.70. The van der Waals surface area contributed by atoms with E-state index in [1.54, 1.807) is 0 Å². The van der Waals surface area contributed by atoms with E-state index in [1.165, 1.54) is 0 Å². The first-order chi connectivity index (χ1) is 8.17. The lowest BCUT2D eigenvalue weighted by Gasteiger charge is -2.29. The van der Waals surface area contributed by atoms with Gasteiger partial charge in [0.1, 0.15) is 11.4 Å². The quantitative estimate of drug-likeness (QED) is 0.781. The van der Waals surface area contributed by atoms with Crippen LogP contribution in [0.15, 0.2) is 0 Å². The van der Waals surface area contributed by atoms with Crippen molar-refractivity contribution in [1.82, 2.24) is 5.32 Å². The molecule has 18 heavy (non-hydrogen) atoms. The third kappa shape index (κ3) is 3.03. The molecule has 0 radical (unpaired) electrons. The number of hydrogen-bond donors (Lipinski definition) is 1. The molecule has 2 fully saturated rings. The molecular weight excluding hydrogens is 230 g/mol. The molecule has 2 aliphatic rings. The molecule has 0 saturated heterocycles. The van der Waals surface area contributed by atoms with Gasteiger partial charge in [0, 0.05) is 18.4 Å². The summed E-state index contributed by atoms with van der Waals surface area (Å²) in [6.45, 7) is 7.63. The Morgan fingerprint density at radius 1 is 1.28 bits per heavy atom. The maximum atomic E-state index is 11.8. The highest BCUT2D eigenvalue weighted by Gasteiger charge is 2.47. The van der Waals surface area contributed by atoms with Gasteiger partial charge >= 0.3 is 6.09 Å². The maximum Gasteiger partial charge on any atom is 0.408 e. The normalized spacial score (nSPS) is 35.4. The van der Waals surface area contributed by atoms with Crippen LogP contribution in [0.25, 0.3) is 0 Å². The Morgan fingerprint density at radius 3 is 2.22 bits per heavy atom. The van der Waals surface area contributed by atoms with Crippen LogP contribution in [-0.2, 0) is 9.53 Å². The van der Waals surface area contributed by atoms with Crippen molar-refractivity contribution in [3.05, 3.63) is 0 Å². The van der Waals surface area contributed by atoms with E-state index in [9.17, 15) is 9.59 Å². The predicted octanol–water partition coefficient (Wildman–Crippen LogP) is 2.66. The fraction of sp³-hybridized carbons (Fsp3) is 0.857. The minimum atomic E-state index is -0.467. The van der Waals surface area contributed by atoms with Crippen molar-refractivity contribution >= 4 is 11.9 Å². The monoisotopic (exact) mass is 253 g/mol. The van der Waals surface area contributed by atoms with Crippen LogP contribution in [0.5, 0.6) is 0 Å². The van der Waals surface area contributed by atoms with Crippen LogP contribution in [0.4, 0.5) is 4.79 Å². The molecule has 0 aromatic rings. The number of rotatable bonds is 1. The molecule has 4 heteroatoms. The van der Waals surface area contributed by atoms with Crippen LogP contribution in [0.2, 0.25) is 0 Å². The molecule has 102 valence electrons. The Labute approximate surface area is 108 Å². The minimum Gasteiger partial charge on any atom is -0.444 e. The molecule has 1 amide bonds. The van der Waals surface area contributed by atoms with E-state index in [-0.39, 0.29) is 11.6 Å². The minimum absolute atomic E-state index is 0.210. The Balaban J connectivity index is 1.91. The summed E-state index contributed by atoms with van der Waals surface area (Å²) in [5.74, 6) is 1.29. The van der Waals surface area contributed by atoms with Gasteiger partial charge in [-0.05, 0) is 52.4 Å². The number of Topliss-reactive ketones (excluding diaryl/α,β-unsaturated/α-hetero) is 1. The van der Waals surface area contributed by atoms with Crippen LogP contribution in [0.3, 0.4) is 0 Å². The van der Waals surface area contributed by atoms with Gasteiger partial charge in [0.15, 0.2) is 0 Å². The fourth-order valence-corrected chi connectivity index (χ4v) is 3.37. The van der Waals surface area contributed by atoms with Gasteiger partial charge in [-0.25, -0.2) is 4.79 Å². The van der Waals surface area contributed by atoms with Crippen molar-refractivity contribution in [2.75, 3.05) is 0 Å². The predicted molar refractivity (Wildman–Crippen MR) is 68.2 cm³/mol. The van der Waals surface area contributed by atoms with Crippen LogP contribution in [0, 0.1) is 11.8 Å². The molecule has 2 saturated carbocycles. The molecule has 3 atom stereocenters. The molecule has 2 aliphatic carbocycles. The van der Waals surface area contributed by atoms with Crippen molar-refractivity contribution in [2.45, 2.75) is 64.5 Å². The lowest BCUT2D eigenvalue weighted by atomic mass is 9.96. The van der Waals surface area contributed by atoms with Crippen LogP contribution >= 0.6 is 0 Å². The summed E-state index contributed by atoms with van der Waals surface area (Å²) >= 11 is 0. The van der Waals surface area contributed by atoms with Gasteiger partial charge in [0.05, 0.1) is 0 Å². The summed E-state index contributed by atoms with van der Waals surface area (Å²) in [5, 5.41) is 2.98.